The van der Waals surface area contributed by atoms with E-state index in [0.717, 1.165) is 35.7 Å². The normalized spacial score (nSPS) is 17.9. The molecule has 0 radical (unpaired) electrons. The Morgan fingerprint density at radius 1 is 1.20 bits per heavy atom. The molecule has 0 atom stereocenters. The quantitative estimate of drug-likeness (QED) is 0.770. The number of hydrazone groups is 1. The molecule has 0 spiro atoms. The van der Waals surface area contributed by atoms with Gasteiger partial charge in [-0.15, -0.1) is 5.10 Å². The van der Waals surface area contributed by atoms with E-state index in [2.05, 4.69) is 20.6 Å². The lowest BCUT2D eigenvalue weighted by Gasteiger charge is -2.12. The first-order valence-electron chi connectivity index (χ1n) is 8.65. The first-order chi connectivity index (χ1) is 12.3. The van der Waals surface area contributed by atoms with Gasteiger partial charge in [0.05, 0.1) is 24.1 Å². The number of carbonyl (C=O) groups is 1. The minimum absolute atomic E-state index is 0.00287. The van der Waals surface area contributed by atoms with E-state index in [1.54, 1.807) is 5.01 Å². The fourth-order valence-electron chi connectivity index (χ4n) is 3.33. The molecular formula is C17H20N6OS. The number of hydrogen-bond donors (Lipinski definition) is 0. The number of aromatic nitrogens is 4. The largest absolute Gasteiger partial charge is 0.272 e. The van der Waals surface area contributed by atoms with Crippen LogP contribution in [0.5, 0.6) is 0 Å². The van der Waals surface area contributed by atoms with Crippen LogP contribution in [0.25, 0.3) is 0 Å². The van der Waals surface area contributed by atoms with Crippen molar-refractivity contribution in [3.63, 3.8) is 0 Å². The summed E-state index contributed by atoms with van der Waals surface area (Å²) in [5.41, 5.74) is 2.05. The Bertz CT molecular complexity index is 768. The molecule has 2 heterocycles. The van der Waals surface area contributed by atoms with Crippen LogP contribution in [0.3, 0.4) is 0 Å². The smallest absolute Gasteiger partial charge is 0.253 e. The summed E-state index contributed by atoms with van der Waals surface area (Å²) < 4.78 is 1.88. The minimum atomic E-state index is -0.00287. The van der Waals surface area contributed by atoms with Crippen LogP contribution in [0.2, 0.25) is 0 Å². The molecule has 130 valence electrons. The van der Waals surface area contributed by atoms with E-state index in [0.29, 0.717) is 18.3 Å². The summed E-state index contributed by atoms with van der Waals surface area (Å²) in [5, 5.41) is 18.8. The van der Waals surface area contributed by atoms with Crippen LogP contribution in [-0.4, -0.2) is 49.1 Å². The van der Waals surface area contributed by atoms with Gasteiger partial charge in [0.1, 0.15) is 0 Å². The number of tetrazole rings is 1. The predicted octanol–water partition coefficient (Wildman–Crippen LogP) is 2.52. The van der Waals surface area contributed by atoms with Crippen molar-refractivity contribution in [1.29, 1.82) is 0 Å². The summed E-state index contributed by atoms with van der Waals surface area (Å²) in [4.78, 5) is 12.5. The number of carbonyl (C=O) groups excluding carboxylic acids is 1. The van der Waals surface area contributed by atoms with Gasteiger partial charge in [0.15, 0.2) is 0 Å². The Labute approximate surface area is 150 Å². The second-order valence-electron chi connectivity index (χ2n) is 6.31. The zero-order valence-corrected chi connectivity index (χ0v) is 14.7. The highest BCUT2D eigenvalue weighted by atomic mass is 32.2. The monoisotopic (exact) mass is 356 g/mol. The summed E-state index contributed by atoms with van der Waals surface area (Å²) in [6, 6.07) is 10.4. The Balaban J connectivity index is 1.37. The standard InChI is InChI=1S/C17H20N6OS/c24-16(22-11-10-15(19-22)13-6-2-1-3-7-13)12-25-17-18-20-21-23(17)14-8-4-5-9-14/h1-3,6-7,14H,4-5,8-12H2. The average Bonchev–Trinajstić information content (AvgIpc) is 3.41. The molecule has 1 aliphatic heterocycles. The summed E-state index contributed by atoms with van der Waals surface area (Å²) >= 11 is 1.40. The van der Waals surface area contributed by atoms with Crippen LogP contribution in [0.15, 0.2) is 40.6 Å². The van der Waals surface area contributed by atoms with Gasteiger partial charge in [-0.1, -0.05) is 54.9 Å². The molecule has 25 heavy (non-hydrogen) atoms. The maximum absolute atomic E-state index is 12.5. The number of thioether (sulfide) groups is 1. The van der Waals surface area contributed by atoms with E-state index in [1.807, 2.05) is 35.0 Å². The predicted molar refractivity (Wildman–Crippen MR) is 95.4 cm³/mol. The van der Waals surface area contributed by atoms with Gasteiger partial charge < -0.3 is 0 Å². The van der Waals surface area contributed by atoms with Gasteiger partial charge >= 0.3 is 0 Å². The average molecular weight is 356 g/mol. The van der Waals surface area contributed by atoms with Gasteiger partial charge in [0.2, 0.25) is 5.16 Å². The van der Waals surface area contributed by atoms with E-state index in [1.165, 1.54) is 24.6 Å². The SMILES string of the molecule is O=C(CSc1nnnn1C1CCCC1)N1CCC(c2ccccc2)=N1. The van der Waals surface area contributed by atoms with Crippen LogP contribution in [0.1, 0.15) is 43.7 Å². The molecule has 1 fully saturated rings. The highest BCUT2D eigenvalue weighted by Gasteiger charge is 2.24. The van der Waals surface area contributed by atoms with Crippen LogP contribution in [0, 0.1) is 0 Å². The molecule has 2 aromatic rings. The third-order valence-corrected chi connectivity index (χ3v) is 5.57. The van der Waals surface area contributed by atoms with Crippen molar-refractivity contribution in [2.24, 2.45) is 5.10 Å². The van der Waals surface area contributed by atoms with Gasteiger partial charge in [-0.3, -0.25) is 4.79 Å². The van der Waals surface area contributed by atoms with Crippen molar-refractivity contribution in [3.05, 3.63) is 35.9 Å². The molecule has 0 unspecified atom stereocenters. The number of nitrogens with zero attached hydrogens (tertiary/aromatic N) is 6. The zero-order valence-electron chi connectivity index (χ0n) is 13.9. The summed E-state index contributed by atoms with van der Waals surface area (Å²) in [7, 11) is 0. The van der Waals surface area contributed by atoms with Crippen molar-refractivity contribution in [2.45, 2.75) is 43.3 Å². The highest BCUT2D eigenvalue weighted by Crippen LogP contribution is 2.31. The first kappa shape index (κ1) is 16.3. The lowest BCUT2D eigenvalue weighted by atomic mass is 10.1. The summed E-state index contributed by atoms with van der Waals surface area (Å²) in [6.45, 7) is 0.636. The summed E-state index contributed by atoms with van der Waals surface area (Å²) in [5.74, 6) is 0.301. The molecule has 1 aromatic carbocycles. The molecular weight excluding hydrogens is 336 g/mol. The molecule has 0 N–H and O–H groups in total. The van der Waals surface area contributed by atoms with Crippen LogP contribution >= 0.6 is 11.8 Å². The van der Waals surface area contributed by atoms with Crippen molar-refractivity contribution >= 4 is 23.4 Å². The van der Waals surface area contributed by atoms with Gasteiger partial charge in [-0.2, -0.15) is 5.10 Å². The van der Waals surface area contributed by atoms with Crippen LogP contribution in [-0.2, 0) is 4.79 Å². The molecule has 1 aliphatic carbocycles. The molecule has 1 saturated carbocycles. The fraction of sp³-hybridized carbons (Fsp3) is 0.471. The Hall–Kier alpha value is -2.22. The third-order valence-electron chi connectivity index (χ3n) is 4.65. The zero-order chi connectivity index (χ0) is 17.1. The van der Waals surface area contributed by atoms with E-state index in [4.69, 9.17) is 0 Å². The van der Waals surface area contributed by atoms with Crippen molar-refractivity contribution in [2.75, 3.05) is 12.3 Å². The second kappa shape index (κ2) is 7.35. The Kier molecular flexibility index (Phi) is 4.78. The van der Waals surface area contributed by atoms with Crippen molar-refractivity contribution in [3.8, 4) is 0 Å². The van der Waals surface area contributed by atoms with Gasteiger partial charge in [-0.25, -0.2) is 9.69 Å². The molecule has 7 nitrogen and oxygen atoms in total. The van der Waals surface area contributed by atoms with Crippen molar-refractivity contribution in [1.82, 2.24) is 25.2 Å². The third kappa shape index (κ3) is 3.58. The Morgan fingerprint density at radius 3 is 2.80 bits per heavy atom. The van der Waals surface area contributed by atoms with Gasteiger partial charge in [0, 0.05) is 6.42 Å². The number of amides is 1. The lowest BCUT2D eigenvalue weighted by Crippen LogP contribution is -2.25. The topological polar surface area (TPSA) is 76.3 Å². The van der Waals surface area contributed by atoms with E-state index >= 15 is 0 Å². The van der Waals surface area contributed by atoms with Crippen molar-refractivity contribution < 1.29 is 4.79 Å². The van der Waals surface area contributed by atoms with Crippen LogP contribution < -0.4 is 0 Å². The van der Waals surface area contributed by atoms with Crippen LogP contribution in [0.4, 0.5) is 0 Å². The maximum atomic E-state index is 12.5. The number of benzene rings is 1. The number of hydrogen-bond acceptors (Lipinski definition) is 6. The molecule has 0 bridgehead atoms. The fourth-order valence-corrected chi connectivity index (χ4v) is 4.14. The molecule has 1 amide bonds. The van der Waals surface area contributed by atoms with Gasteiger partial charge in [-0.05, 0) is 28.8 Å². The molecule has 1 aromatic heterocycles. The minimum Gasteiger partial charge on any atom is -0.272 e. The lowest BCUT2D eigenvalue weighted by molar-refractivity contribution is -0.127. The van der Waals surface area contributed by atoms with E-state index in [9.17, 15) is 4.79 Å². The second-order valence-corrected chi connectivity index (χ2v) is 7.26. The first-order valence-corrected chi connectivity index (χ1v) is 9.64. The van der Waals surface area contributed by atoms with E-state index in [-0.39, 0.29) is 5.91 Å². The highest BCUT2D eigenvalue weighted by molar-refractivity contribution is 7.99. The summed E-state index contributed by atoms with van der Waals surface area (Å²) in [6.07, 6.45) is 5.46. The molecule has 2 aliphatic rings. The van der Waals surface area contributed by atoms with Gasteiger partial charge in [0.25, 0.3) is 5.91 Å². The molecule has 4 rings (SSSR count). The Morgan fingerprint density at radius 2 is 2.00 bits per heavy atom. The van der Waals surface area contributed by atoms with E-state index < -0.39 is 0 Å². The molecule has 8 heteroatoms. The molecule has 0 saturated heterocycles. The maximum Gasteiger partial charge on any atom is 0.253 e. The number of rotatable bonds is 5.